The molecule has 2 aliphatic rings. The van der Waals surface area contributed by atoms with Gasteiger partial charge in [0.2, 0.25) is 5.91 Å². The van der Waals surface area contributed by atoms with Crippen molar-refractivity contribution in [1.82, 2.24) is 10.3 Å². The van der Waals surface area contributed by atoms with Gasteiger partial charge in [-0.25, -0.2) is 0 Å². The number of rotatable bonds is 1. The van der Waals surface area contributed by atoms with Crippen LogP contribution in [0.25, 0.3) is 0 Å². The minimum absolute atomic E-state index is 0.103. The van der Waals surface area contributed by atoms with Gasteiger partial charge in [0.25, 0.3) is 0 Å². The van der Waals surface area contributed by atoms with Crippen molar-refractivity contribution in [3.63, 3.8) is 0 Å². The molecule has 126 valence electrons. The Kier molecular flexibility index (Phi) is 4.28. The molecule has 2 aromatic rings. The van der Waals surface area contributed by atoms with Crippen molar-refractivity contribution in [3.8, 4) is 11.8 Å². The molecule has 1 aromatic carbocycles. The first-order chi connectivity index (χ1) is 12.2. The van der Waals surface area contributed by atoms with E-state index in [1.54, 1.807) is 6.20 Å². The van der Waals surface area contributed by atoms with Gasteiger partial charge in [0.1, 0.15) is 0 Å². The molecule has 0 spiro atoms. The molecule has 0 bridgehead atoms. The Morgan fingerprint density at radius 2 is 1.84 bits per heavy atom. The second-order valence-electron chi connectivity index (χ2n) is 7.26. The van der Waals surface area contributed by atoms with Gasteiger partial charge in [-0.3, -0.25) is 9.78 Å². The number of aromatic nitrogens is 1. The lowest BCUT2D eigenvalue weighted by Gasteiger charge is -2.30. The second-order valence-corrected chi connectivity index (χ2v) is 7.26. The monoisotopic (exact) mass is 330 g/mol. The summed E-state index contributed by atoms with van der Waals surface area (Å²) < 4.78 is 0. The lowest BCUT2D eigenvalue weighted by Crippen LogP contribution is -2.34. The number of fused-ring (bicyclic) bond motifs is 1. The molecule has 0 radical (unpaired) electrons. The molecule has 25 heavy (non-hydrogen) atoms. The van der Waals surface area contributed by atoms with Crippen LogP contribution in [-0.4, -0.2) is 16.9 Å². The van der Waals surface area contributed by atoms with Crippen LogP contribution < -0.4 is 5.32 Å². The number of benzene rings is 1. The summed E-state index contributed by atoms with van der Waals surface area (Å²) in [7, 11) is 0. The molecule has 2 heterocycles. The number of amides is 1. The highest BCUT2D eigenvalue weighted by Gasteiger charge is 2.45. The zero-order chi connectivity index (χ0) is 17.2. The van der Waals surface area contributed by atoms with E-state index < -0.39 is 0 Å². The normalized spacial score (nSPS) is 27.8. The number of hydrogen-bond donors (Lipinski definition) is 1. The van der Waals surface area contributed by atoms with Crippen LogP contribution in [0.2, 0.25) is 0 Å². The predicted molar refractivity (Wildman–Crippen MR) is 97.8 cm³/mol. The van der Waals surface area contributed by atoms with Gasteiger partial charge in [-0.15, -0.1) is 0 Å². The smallest absolute Gasteiger partial charge is 0.229 e. The van der Waals surface area contributed by atoms with Crippen LogP contribution in [0.15, 0.2) is 48.7 Å². The second kappa shape index (κ2) is 6.72. The summed E-state index contributed by atoms with van der Waals surface area (Å²) in [5.41, 5.74) is 2.74. The van der Waals surface area contributed by atoms with E-state index in [2.05, 4.69) is 29.1 Å². The average molecular weight is 330 g/mol. The Labute approximate surface area is 148 Å². The standard InChI is InChI=1S/C22H22N2O/c1-15-7-11-18-20(13-15)24-22(25)21(18)19-12-10-17(14-23-19)9-8-16-5-3-2-4-6-16/h2-6,10,12,14-15,18,20-21H,7,11,13H2,1H3,(H,24,25)/t15-,18?,20?,21+/m1/s1. The molecule has 4 atom stereocenters. The summed E-state index contributed by atoms with van der Waals surface area (Å²) in [6.07, 6.45) is 5.19. The fraction of sp³-hybridized carbons (Fsp3) is 0.364. The molecule has 3 nitrogen and oxygen atoms in total. The molecule has 1 aliphatic heterocycles. The molecule has 1 aliphatic carbocycles. The molecule has 1 saturated carbocycles. The number of pyridine rings is 1. The van der Waals surface area contributed by atoms with Crippen LogP contribution >= 0.6 is 0 Å². The number of carbonyl (C=O) groups excluding carboxylic acids is 1. The maximum atomic E-state index is 12.5. The quantitative estimate of drug-likeness (QED) is 0.813. The first-order valence-corrected chi connectivity index (χ1v) is 9.04. The molecule has 1 saturated heterocycles. The van der Waals surface area contributed by atoms with Crippen molar-refractivity contribution in [2.24, 2.45) is 11.8 Å². The van der Waals surface area contributed by atoms with E-state index in [1.807, 2.05) is 42.5 Å². The van der Waals surface area contributed by atoms with Crippen molar-refractivity contribution in [2.75, 3.05) is 0 Å². The molecule has 2 unspecified atom stereocenters. The van der Waals surface area contributed by atoms with Gasteiger partial charge in [-0.05, 0) is 48.9 Å². The molecule has 3 heteroatoms. The molecular formula is C22H22N2O. The van der Waals surface area contributed by atoms with E-state index in [0.29, 0.717) is 17.9 Å². The first-order valence-electron chi connectivity index (χ1n) is 9.04. The molecule has 1 amide bonds. The van der Waals surface area contributed by atoms with Crippen LogP contribution in [0.5, 0.6) is 0 Å². The summed E-state index contributed by atoms with van der Waals surface area (Å²) in [5, 5.41) is 3.19. The number of hydrogen-bond acceptors (Lipinski definition) is 2. The van der Waals surface area contributed by atoms with Gasteiger partial charge >= 0.3 is 0 Å². The van der Waals surface area contributed by atoms with Crippen molar-refractivity contribution in [1.29, 1.82) is 0 Å². The number of carbonyl (C=O) groups is 1. The fourth-order valence-corrected chi connectivity index (χ4v) is 4.12. The lowest BCUT2D eigenvalue weighted by atomic mass is 9.75. The first kappa shape index (κ1) is 15.9. The zero-order valence-electron chi connectivity index (χ0n) is 14.4. The maximum absolute atomic E-state index is 12.5. The van der Waals surface area contributed by atoms with E-state index in [0.717, 1.165) is 29.7 Å². The summed E-state index contributed by atoms with van der Waals surface area (Å²) in [6.45, 7) is 2.27. The largest absolute Gasteiger partial charge is 0.352 e. The summed E-state index contributed by atoms with van der Waals surface area (Å²) in [6, 6.07) is 14.2. The third-order valence-corrected chi connectivity index (χ3v) is 5.43. The Morgan fingerprint density at radius 3 is 2.60 bits per heavy atom. The summed E-state index contributed by atoms with van der Waals surface area (Å²) in [5.74, 6) is 7.40. The van der Waals surface area contributed by atoms with Gasteiger partial charge in [-0.2, -0.15) is 0 Å². The zero-order valence-corrected chi connectivity index (χ0v) is 14.4. The third kappa shape index (κ3) is 3.30. The van der Waals surface area contributed by atoms with E-state index in [4.69, 9.17) is 0 Å². The van der Waals surface area contributed by atoms with E-state index >= 15 is 0 Å². The third-order valence-electron chi connectivity index (χ3n) is 5.43. The van der Waals surface area contributed by atoms with Gasteiger partial charge in [0.05, 0.1) is 11.6 Å². The Hall–Kier alpha value is -2.60. The van der Waals surface area contributed by atoms with Gasteiger partial charge < -0.3 is 5.32 Å². The molecule has 1 aromatic heterocycles. The van der Waals surface area contributed by atoms with Crippen molar-refractivity contribution < 1.29 is 4.79 Å². The highest BCUT2D eigenvalue weighted by atomic mass is 16.2. The summed E-state index contributed by atoms with van der Waals surface area (Å²) in [4.78, 5) is 17.0. The molecule has 2 fully saturated rings. The van der Waals surface area contributed by atoms with Crippen LogP contribution in [0, 0.1) is 23.7 Å². The topological polar surface area (TPSA) is 42.0 Å². The molecular weight excluding hydrogens is 308 g/mol. The van der Waals surface area contributed by atoms with Crippen molar-refractivity contribution in [2.45, 2.75) is 38.1 Å². The Bertz CT molecular complexity index is 817. The van der Waals surface area contributed by atoms with Crippen molar-refractivity contribution in [3.05, 3.63) is 65.5 Å². The van der Waals surface area contributed by atoms with Gasteiger partial charge in [0.15, 0.2) is 0 Å². The minimum Gasteiger partial charge on any atom is -0.352 e. The lowest BCUT2D eigenvalue weighted by molar-refractivity contribution is -0.120. The minimum atomic E-state index is -0.103. The van der Waals surface area contributed by atoms with E-state index in [9.17, 15) is 4.79 Å². The number of nitrogens with one attached hydrogen (secondary N) is 1. The van der Waals surface area contributed by atoms with E-state index in [-0.39, 0.29) is 11.8 Å². The maximum Gasteiger partial charge on any atom is 0.229 e. The van der Waals surface area contributed by atoms with Crippen LogP contribution in [0.3, 0.4) is 0 Å². The fourth-order valence-electron chi connectivity index (χ4n) is 4.12. The number of nitrogens with zero attached hydrogens (tertiary/aromatic N) is 1. The molecule has 1 N–H and O–H groups in total. The van der Waals surface area contributed by atoms with Crippen LogP contribution in [-0.2, 0) is 4.79 Å². The SMILES string of the molecule is C[C@@H]1CCC2C(C1)NC(=O)[C@@H]2c1ccc(C#Cc2ccccc2)cn1. The predicted octanol–water partition coefficient (Wildman–Crippen LogP) is 3.50. The van der Waals surface area contributed by atoms with Gasteiger partial charge in [0, 0.05) is 23.4 Å². The Morgan fingerprint density at radius 1 is 1.04 bits per heavy atom. The summed E-state index contributed by atoms with van der Waals surface area (Å²) >= 11 is 0. The highest BCUT2D eigenvalue weighted by Crippen LogP contribution is 2.41. The highest BCUT2D eigenvalue weighted by molar-refractivity contribution is 5.86. The van der Waals surface area contributed by atoms with Crippen LogP contribution in [0.1, 0.15) is 48.9 Å². The van der Waals surface area contributed by atoms with Gasteiger partial charge in [-0.1, -0.05) is 43.4 Å². The van der Waals surface area contributed by atoms with Crippen LogP contribution in [0.4, 0.5) is 0 Å². The molecule has 4 rings (SSSR count). The van der Waals surface area contributed by atoms with Crippen molar-refractivity contribution >= 4 is 5.91 Å². The Balaban J connectivity index is 1.52. The van der Waals surface area contributed by atoms with E-state index in [1.165, 1.54) is 6.42 Å². The average Bonchev–Trinajstić information content (AvgIpc) is 2.96.